The number of carbonyl (C=O) groups is 3. The van der Waals surface area contributed by atoms with E-state index < -0.39 is 0 Å². The van der Waals surface area contributed by atoms with Crippen LogP contribution in [-0.2, 0) is 19.1 Å². The molecule has 0 unspecified atom stereocenters. The molecule has 1 saturated carbocycles. The lowest BCUT2D eigenvalue weighted by molar-refractivity contribution is -0.136. The average molecular weight is 200 g/mol. The van der Waals surface area contributed by atoms with Gasteiger partial charge in [0.25, 0.3) is 6.47 Å². The summed E-state index contributed by atoms with van der Waals surface area (Å²) in [5.74, 6) is 0.180. The highest BCUT2D eigenvalue weighted by atomic mass is 16.5. The number of methoxy groups -OCH3 is 1. The van der Waals surface area contributed by atoms with Gasteiger partial charge >= 0.3 is 0 Å². The molecule has 0 spiro atoms. The molecule has 0 radical (unpaired) electrons. The Bertz CT molecular complexity index is 204. The van der Waals surface area contributed by atoms with Crippen LogP contribution in [0.25, 0.3) is 0 Å². The Morgan fingerprint density at radius 1 is 1.21 bits per heavy atom. The summed E-state index contributed by atoms with van der Waals surface area (Å²) < 4.78 is 3.86. The fraction of sp³-hybridized carbons (Fsp3) is 0.700. The van der Waals surface area contributed by atoms with Gasteiger partial charge in [0.05, 0.1) is 13.0 Å². The second-order valence-corrected chi connectivity index (χ2v) is 3.50. The van der Waals surface area contributed by atoms with Crippen LogP contribution in [0.3, 0.4) is 0 Å². The van der Waals surface area contributed by atoms with Crippen LogP contribution < -0.4 is 0 Å². The minimum Gasteiger partial charge on any atom is -0.471 e. The second kappa shape index (κ2) is 6.29. The fourth-order valence-electron chi connectivity index (χ4n) is 1.29. The predicted molar refractivity (Wildman–Crippen MR) is 50.6 cm³/mol. The van der Waals surface area contributed by atoms with Crippen LogP contribution in [0.4, 0.5) is 0 Å². The molecular formula is C10H16O4. The number of hydrogen-bond donors (Lipinski definition) is 0. The molecule has 0 aliphatic heterocycles. The molecule has 1 aliphatic rings. The molecule has 14 heavy (non-hydrogen) atoms. The van der Waals surface area contributed by atoms with Crippen LogP contribution in [0.2, 0.25) is 0 Å². The van der Waals surface area contributed by atoms with E-state index in [4.69, 9.17) is 4.79 Å². The van der Waals surface area contributed by atoms with Crippen LogP contribution in [0, 0.1) is 11.8 Å². The first-order valence-corrected chi connectivity index (χ1v) is 4.54. The van der Waals surface area contributed by atoms with Crippen LogP contribution in [-0.4, -0.2) is 25.1 Å². The van der Waals surface area contributed by atoms with Gasteiger partial charge in [-0.25, -0.2) is 0 Å². The van der Waals surface area contributed by atoms with Gasteiger partial charge in [-0.15, -0.1) is 0 Å². The van der Waals surface area contributed by atoms with Gasteiger partial charge in [0, 0.05) is 12.8 Å². The monoisotopic (exact) mass is 200 g/mol. The maximum Gasteiger partial charge on any atom is 0.292 e. The molecule has 0 bridgehead atoms. The lowest BCUT2D eigenvalue weighted by Crippen LogP contribution is -2.29. The quantitative estimate of drug-likeness (QED) is 0.467. The third-order valence-corrected chi connectivity index (χ3v) is 2.16. The fourth-order valence-corrected chi connectivity index (χ4v) is 1.29. The van der Waals surface area contributed by atoms with Gasteiger partial charge < -0.3 is 4.74 Å². The first kappa shape index (κ1) is 12.8. The molecule has 0 aromatic carbocycles. The summed E-state index contributed by atoms with van der Waals surface area (Å²) in [5, 5.41) is 0. The van der Waals surface area contributed by atoms with Crippen LogP contribution in [0.5, 0.6) is 0 Å². The molecule has 1 fully saturated rings. The van der Waals surface area contributed by atoms with E-state index in [1.54, 1.807) is 6.92 Å². The second-order valence-electron chi connectivity index (χ2n) is 3.50. The first-order chi connectivity index (χ1) is 6.52. The van der Waals surface area contributed by atoms with Crippen LogP contribution >= 0.6 is 0 Å². The van der Waals surface area contributed by atoms with Gasteiger partial charge in [-0.05, 0) is 12.8 Å². The Hall–Kier alpha value is -1.19. The average Bonchev–Trinajstić information content (AvgIpc) is 2.14. The summed E-state index contributed by atoms with van der Waals surface area (Å²) in [7, 11) is 1.31. The number of Topliss-reactive ketones (excluding diaryl/α,β-unsaturated/α-hetero) is 2. The van der Waals surface area contributed by atoms with Gasteiger partial charge in [-0.2, -0.15) is 0 Å². The Balaban J connectivity index is 0.000000364. The maximum absolute atomic E-state index is 11.0. The van der Waals surface area contributed by atoms with Crippen molar-refractivity contribution in [2.75, 3.05) is 7.11 Å². The SMILES string of the molecule is CC1CC(=O)C(C)C(=O)C1.COC=O. The van der Waals surface area contributed by atoms with E-state index in [1.807, 2.05) is 6.92 Å². The van der Waals surface area contributed by atoms with Gasteiger partial charge in [-0.3, -0.25) is 14.4 Å². The molecule has 0 atom stereocenters. The highest BCUT2D eigenvalue weighted by molar-refractivity contribution is 6.04. The van der Waals surface area contributed by atoms with Crippen molar-refractivity contribution in [3.8, 4) is 0 Å². The van der Waals surface area contributed by atoms with Crippen LogP contribution in [0.1, 0.15) is 26.7 Å². The largest absolute Gasteiger partial charge is 0.471 e. The molecular weight excluding hydrogens is 184 g/mol. The molecule has 0 saturated heterocycles. The minimum absolute atomic E-state index is 0.115. The maximum atomic E-state index is 11.0. The normalized spacial score (nSPS) is 26.2. The summed E-state index contributed by atoms with van der Waals surface area (Å²) in [4.78, 5) is 30.9. The zero-order valence-electron chi connectivity index (χ0n) is 8.78. The molecule has 4 nitrogen and oxygen atoms in total. The lowest BCUT2D eigenvalue weighted by Gasteiger charge is -2.20. The Morgan fingerprint density at radius 3 is 1.86 bits per heavy atom. The van der Waals surface area contributed by atoms with E-state index in [9.17, 15) is 9.59 Å². The summed E-state index contributed by atoms with van der Waals surface area (Å²) in [5.41, 5.74) is 0. The highest BCUT2D eigenvalue weighted by Crippen LogP contribution is 2.21. The number of hydrogen-bond acceptors (Lipinski definition) is 4. The van der Waals surface area contributed by atoms with Crippen molar-refractivity contribution in [1.29, 1.82) is 0 Å². The zero-order valence-corrected chi connectivity index (χ0v) is 8.78. The van der Waals surface area contributed by atoms with E-state index in [1.165, 1.54) is 7.11 Å². The van der Waals surface area contributed by atoms with Crippen LogP contribution in [0.15, 0.2) is 0 Å². The third-order valence-electron chi connectivity index (χ3n) is 2.16. The van der Waals surface area contributed by atoms with Crippen molar-refractivity contribution in [3.05, 3.63) is 0 Å². The van der Waals surface area contributed by atoms with Gasteiger partial charge in [0.2, 0.25) is 0 Å². The zero-order chi connectivity index (χ0) is 11.1. The smallest absolute Gasteiger partial charge is 0.292 e. The Morgan fingerprint density at radius 2 is 1.57 bits per heavy atom. The Kier molecular flexibility index (Phi) is 5.76. The summed E-state index contributed by atoms with van der Waals surface area (Å²) in [6.07, 6.45) is 1.18. The van der Waals surface area contributed by atoms with Crippen molar-refractivity contribution < 1.29 is 19.1 Å². The Labute approximate surface area is 83.6 Å². The molecule has 1 rings (SSSR count). The lowest BCUT2D eigenvalue weighted by atomic mass is 9.82. The molecule has 80 valence electrons. The van der Waals surface area contributed by atoms with E-state index >= 15 is 0 Å². The summed E-state index contributed by atoms with van der Waals surface area (Å²) in [6, 6.07) is 0. The standard InChI is InChI=1S/C8H12O2.C2H4O2/c1-5-3-7(9)6(2)8(10)4-5;1-4-2-3/h5-6H,3-4H2,1-2H3;2H,1H3. The van der Waals surface area contributed by atoms with Crippen molar-refractivity contribution in [3.63, 3.8) is 0 Å². The molecule has 0 heterocycles. The summed E-state index contributed by atoms with van der Waals surface area (Å²) in [6.45, 7) is 4.03. The molecule has 0 aromatic rings. The van der Waals surface area contributed by atoms with Crippen molar-refractivity contribution in [1.82, 2.24) is 0 Å². The van der Waals surface area contributed by atoms with Gasteiger partial charge in [-0.1, -0.05) is 6.92 Å². The van der Waals surface area contributed by atoms with Crippen molar-refractivity contribution in [2.24, 2.45) is 11.8 Å². The number of ketones is 2. The highest BCUT2D eigenvalue weighted by Gasteiger charge is 2.29. The number of carbonyl (C=O) groups excluding carboxylic acids is 3. The van der Waals surface area contributed by atoms with Gasteiger partial charge in [0.1, 0.15) is 11.6 Å². The van der Waals surface area contributed by atoms with E-state index in [2.05, 4.69) is 4.74 Å². The molecule has 1 aliphatic carbocycles. The number of rotatable bonds is 1. The van der Waals surface area contributed by atoms with E-state index in [0.29, 0.717) is 19.3 Å². The molecule has 0 aromatic heterocycles. The summed E-state index contributed by atoms with van der Waals surface area (Å²) >= 11 is 0. The number of ether oxygens (including phenoxy) is 1. The minimum atomic E-state index is -0.323. The van der Waals surface area contributed by atoms with E-state index in [-0.39, 0.29) is 23.4 Å². The first-order valence-electron chi connectivity index (χ1n) is 4.54. The van der Waals surface area contributed by atoms with Crippen molar-refractivity contribution in [2.45, 2.75) is 26.7 Å². The van der Waals surface area contributed by atoms with E-state index in [0.717, 1.165) is 0 Å². The molecule has 0 N–H and O–H groups in total. The topological polar surface area (TPSA) is 60.4 Å². The predicted octanol–water partition coefficient (Wildman–Crippen LogP) is 0.980. The molecule has 4 heteroatoms. The van der Waals surface area contributed by atoms with Gasteiger partial charge in [0.15, 0.2) is 0 Å². The third kappa shape index (κ3) is 4.16. The van der Waals surface area contributed by atoms with Crippen molar-refractivity contribution >= 4 is 18.0 Å². The molecule has 0 amide bonds.